The van der Waals surface area contributed by atoms with Crippen molar-refractivity contribution < 1.29 is 26.7 Å². The number of sulfonamides is 1. The Morgan fingerprint density at radius 1 is 1.04 bits per heavy atom. The Hall–Kier alpha value is -2.58. The van der Waals surface area contributed by atoms with Crippen LogP contribution in [-0.2, 0) is 19.6 Å². The van der Waals surface area contributed by atoms with E-state index in [4.69, 9.17) is 9.88 Å². The molecular weight excluding hydrogens is 376 g/mol. The molecule has 2 aromatic carbocycles. The number of hydrogen-bond donors (Lipinski definition) is 1. The highest BCUT2D eigenvalue weighted by Crippen LogP contribution is 2.43. The van der Waals surface area contributed by atoms with Gasteiger partial charge in [0.2, 0.25) is 15.8 Å². The number of benzene rings is 2. The average Bonchev–Trinajstić information content (AvgIpc) is 2.86. The van der Waals surface area contributed by atoms with E-state index in [2.05, 4.69) is 0 Å². The standard InChI is InChI=1S/C19H17F2NO4S/c1-3-19(2)18(23)16(12-8-13(20)10-14(21)9-12)17(26-19)11-4-6-15(7-5-11)27(22,24)25/h4-10H,3H2,1-2H3,(H2,22,24,25). The Kier molecular flexibility index (Phi) is 4.65. The smallest absolute Gasteiger partial charge is 0.238 e. The van der Waals surface area contributed by atoms with Crippen molar-refractivity contribution in [3.63, 3.8) is 0 Å². The molecule has 0 bridgehead atoms. The molecule has 2 aromatic rings. The van der Waals surface area contributed by atoms with E-state index in [-0.39, 0.29) is 21.8 Å². The first-order valence-corrected chi connectivity index (χ1v) is 9.67. The molecule has 142 valence electrons. The lowest BCUT2D eigenvalue weighted by atomic mass is 9.90. The summed E-state index contributed by atoms with van der Waals surface area (Å²) in [6.45, 7) is 3.35. The van der Waals surface area contributed by atoms with Crippen LogP contribution in [0.25, 0.3) is 11.3 Å². The molecule has 0 amide bonds. The molecule has 0 radical (unpaired) electrons. The fraction of sp³-hybridized carbons (Fsp3) is 0.211. The van der Waals surface area contributed by atoms with E-state index in [0.29, 0.717) is 18.1 Å². The van der Waals surface area contributed by atoms with Gasteiger partial charge in [0, 0.05) is 11.6 Å². The molecule has 1 atom stereocenters. The van der Waals surface area contributed by atoms with Gasteiger partial charge < -0.3 is 4.74 Å². The van der Waals surface area contributed by atoms with Gasteiger partial charge in [-0.05, 0) is 55.3 Å². The normalized spacial score (nSPS) is 20.1. The zero-order chi connectivity index (χ0) is 20.0. The summed E-state index contributed by atoms with van der Waals surface area (Å²) < 4.78 is 56.1. The van der Waals surface area contributed by atoms with Crippen molar-refractivity contribution in [2.45, 2.75) is 30.8 Å². The summed E-state index contributed by atoms with van der Waals surface area (Å²) in [5.41, 5.74) is -0.694. The Morgan fingerprint density at radius 2 is 1.59 bits per heavy atom. The Balaban J connectivity index is 2.20. The van der Waals surface area contributed by atoms with Crippen LogP contribution in [0.1, 0.15) is 31.4 Å². The monoisotopic (exact) mass is 393 g/mol. The van der Waals surface area contributed by atoms with Crippen LogP contribution in [0.3, 0.4) is 0 Å². The van der Waals surface area contributed by atoms with Gasteiger partial charge in [0.1, 0.15) is 17.4 Å². The first-order chi connectivity index (χ1) is 12.5. The SMILES string of the molecule is CCC1(C)OC(c2ccc(S(N)(=O)=O)cc2)=C(c2cc(F)cc(F)c2)C1=O. The lowest BCUT2D eigenvalue weighted by Crippen LogP contribution is -2.32. The topological polar surface area (TPSA) is 86.5 Å². The lowest BCUT2D eigenvalue weighted by molar-refractivity contribution is -0.126. The van der Waals surface area contributed by atoms with E-state index >= 15 is 0 Å². The molecule has 0 aliphatic carbocycles. The highest BCUT2D eigenvalue weighted by molar-refractivity contribution is 7.89. The predicted molar refractivity (Wildman–Crippen MR) is 95.8 cm³/mol. The number of rotatable bonds is 4. The summed E-state index contributed by atoms with van der Waals surface area (Å²) in [7, 11) is -3.88. The predicted octanol–water partition coefficient (Wildman–Crippen LogP) is 3.25. The Labute approximate surface area is 155 Å². The summed E-state index contributed by atoms with van der Waals surface area (Å²) in [5.74, 6) is -1.91. The van der Waals surface area contributed by atoms with Gasteiger partial charge >= 0.3 is 0 Å². The molecule has 1 unspecified atom stereocenters. The van der Waals surface area contributed by atoms with Gasteiger partial charge in [-0.1, -0.05) is 6.92 Å². The maximum Gasteiger partial charge on any atom is 0.238 e. The number of carbonyl (C=O) groups excluding carboxylic acids is 1. The van der Waals surface area contributed by atoms with Gasteiger partial charge in [-0.25, -0.2) is 22.3 Å². The molecule has 1 aliphatic heterocycles. The minimum absolute atomic E-state index is 0.0427. The second-order valence-electron chi connectivity index (χ2n) is 6.45. The summed E-state index contributed by atoms with van der Waals surface area (Å²) in [5, 5.41) is 5.09. The van der Waals surface area contributed by atoms with Crippen LogP contribution in [-0.4, -0.2) is 19.8 Å². The third-order valence-corrected chi connectivity index (χ3v) is 5.46. The number of ketones is 1. The van der Waals surface area contributed by atoms with Crippen molar-refractivity contribution in [2.24, 2.45) is 5.14 Å². The minimum Gasteiger partial charge on any atom is -0.478 e. The molecule has 3 rings (SSSR count). The van der Waals surface area contributed by atoms with Crippen molar-refractivity contribution >= 4 is 27.1 Å². The van der Waals surface area contributed by atoms with E-state index in [1.54, 1.807) is 13.8 Å². The molecule has 2 N–H and O–H groups in total. The van der Waals surface area contributed by atoms with Gasteiger partial charge in [-0.3, -0.25) is 4.79 Å². The van der Waals surface area contributed by atoms with Crippen LogP contribution < -0.4 is 5.14 Å². The van der Waals surface area contributed by atoms with E-state index in [0.717, 1.165) is 12.1 Å². The minimum atomic E-state index is -3.88. The molecule has 27 heavy (non-hydrogen) atoms. The maximum absolute atomic E-state index is 13.7. The van der Waals surface area contributed by atoms with Crippen molar-refractivity contribution in [1.29, 1.82) is 0 Å². The second-order valence-corrected chi connectivity index (χ2v) is 8.01. The molecule has 5 nitrogen and oxygen atoms in total. The van der Waals surface area contributed by atoms with Gasteiger partial charge in [-0.15, -0.1) is 0 Å². The molecule has 8 heteroatoms. The quantitative estimate of drug-likeness (QED) is 0.864. The van der Waals surface area contributed by atoms with Gasteiger partial charge in [-0.2, -0.15) is 0 Å². The highest BCUT2D eigenvalue weighted by atomic mass is 32.2. The number of ether oxygens (including phenoxy) is 1. The van der Waals surface area contributed by atoms with Crippen LogP contribution in [0.15, 0.2) is 47.4 Å². The van der Waals surface area contributed by atoms with Gasteiger partial charge in [0.05, 0.1) is 10.5 Å². The second kappa shape index (κ2) is 6.54. The first kappa shape index (κ1) is 19.2. The summed E-state index contributed by atoms with van der Waals surface area (Å²) >= 11 is 0. The van der Waals surface area contributed by atoms with Crippen LogP contribution in [0.5, 0.6) is 0 Å². The van der Waals surface area contributed by atoms with E-state index in [1.165, 1.54) is 24.3 Å². The van der Waals surface area contributed by atoms with Crippen LogP contribution in [0, 0.1) is 11.6 Å². The van der Waals surface area contributed by atoms with Crippen molar-refractivity contribution in [2.75, 3.05) is 0 Å². The molecule has 1 heterocycles. The zero-order valence-electron chi connectivity index (χ0n) is 14.6. The maximum atomic E-state index is 13.7. The number of halogens is 2. The molecule has 0 saturated heterocycles. The van der Waals surface area contributed by atoms with Gasteiger partial charge in [0.25, 0.3) is 0 Å². The average molecular weight is 393 g/mol. The number of nitrogens with two attached hydrogens (primary N) is 1. The summed E-state index contributed by atoms with van der Waals surface area (Å²) in [6, 6.07) is 8.23. The Morgan fingerprint density at radius 3 is 2.07 bits per heavy atom. The molecule has 0 spiro atoms. The molecular formula is C19H17F2NO4S. The number of hydrogen-bond acceptors (Lipinski definition) is 4. The molecule has 0 saturated carbocycles. The summed E-state index contributed by atoms with van der Waals surface area (Å²) in [4.78, 5) is 12.8. The van der Waals surface area contributed by atoms with Crippen LogP contribution in [0.2, 0.25) is 0 Å². The highest BCUT2D eigenvalue weighted by Gasteiger charge is 2.45. The first-order valence-electron chi connectivity index (χ1n) is 8.13. The number of primary sulfonamides is 1. The van der Waals surface area contributed by atoms with Crippen molar-refractivity contribution in [3.05, 3.63) is 65.2 Å². The lowest BCUT2D eigenvalue weighted by Gasteiger charge is -2.21. The number of Topliss-reactive ketones (excluding diaryl/α,β-unsaturated/α-hetero) is 1. The zero-order valence-corrected chi connectivity index (χ0v) is 15.4. The third-order valence-electron chi connectivity index (χ3n) is 4.53. The fourth-order valence-corrected chi connectivity index (χ4v) is 3.40. The Bertz CT molecular complexity index is 1040. The number of carbonyl (C=O) groups is 1. The largest absolute Gasteiger partial charge is 0.478 e. The molecule has 1 aliphatic rings. The third kappa shape index (κ3) is 3.50. The molecule has 0 fully saturated rings. The summed E-state index contributed by atoms with van der Waals surface area (Å²) in [6.07, 6.45) is 0.339. The van der Waals surface area contributed by atoms with E-state index < -0.39 is 33.0 Å². The fourth-order valence-electron chi connectivity index (χ4n) is 2.88. The molecule has 0 aromatic heterocycles. The van der Waals surface area contributed by atoms with E-state index in [1.807, 2.05) is 0 Å². The van der Waals surface area contributed by atoms with Crippen molar-refractivity contribution in [1.82, 2.24) is 0 Å². The van der Waals surface area contributed by atoms with Crippen LogP contribution >= 0.6 is 0 Å². The van der Waals surface area contributed by atoms with E-state index in [9.17, 15) is 22.0 Å². The van der Waals surface area contributed by atoms with Crippen LogP contribution in [0.4, 0.5) is 8.78 Å². The van der Waals surface area contributed by atoms with Gasteiger partial charge in [0.15, 0.2) is 5.60 Å². The van der Waals surface area contributed by atoms with Crippen molar-refractivity contribution in [3.8, 4) is 0 Å².